The predicted molar refractivity (Wildman–Crippen MR) is 74.8 cm³/mol. The maximum atomic E-state index is 5.89. The van der Waals surface area contributed by atoms with Crippen molar-refractivity contribution in [3.05, 3.63) is 34.9 Å². The average Bonchev–Trinajstić information content (AvgIpc) is 2.79. The van der Waals surface area contributed by atoms with Gasteiger partial charge in [0, 0.05) is 30.8 Å². The lowest BCUT2D eigenvalue weighted by Crippen LogP contribution is -2.40. The standard InChI is InChI=1S/C14H21ClN2O/c1-14(7-2-8-18-14)10-17-13(9-16)11-3-5-12(15)6-4-11/h3-6,13,17H,2,7-10,16H2,1H3. The summed E-state index contributed by atoms with van der Waals surface area (Å²) in [6.45, 7) is 4.42. The first-order valence-corrected chi connectivity index (χ1v) is 6.84. The number of nitrogens with one attached hydrogen (secondary N) is 1. The van der Waals surface area contributed by atoms with Gasteiger partial charge in [-0.3, -0.25) is 0 Å². The molecule has 1 fully saturated rings. The fraction of sp³-hybridized carbons (Fsp3) is 0.571. The van der Waals surface area contributed by atoms with Crippen LogP contribution in [0, 0.1) is 0 Å². The van der Waals surface area contributed by atoms with Gasteiger partial charge in [0.2, 0.25) is 0 Å². The van der Waals surface area contributed by atoms with E-state index in [4.69, 9.17) is 22.1 Å². The van der Waals surface area contributed by atoms with Gasteiger partial charge in [0.25, 0.3) is 0 Å². The Morgan fingerprint density at radius 3 is 2.72 bits per heavy atom. The second-order valence-electron chi connectivity index (χ2n) is 5.12. The van der Waals surface area contributed by atoms with Gasteiger partial charge in [-0.05, 0) is 37.5 Å². The van der Waals surface area contributed by atoms with E-state index in [-0.39, 0.29) is 11.6 Å². The molecule has 3 nitrogen and oxygen atoms in total. The highest BCUT2D eigenvalue weighted by molar-refractivity contribution is 6.30. The number of halogens is 1. The summed E-state index contributed by atoms with van der Waals surface area (Å²) < 4.78 is 5.77. The van der Waals surface area contributed by atoms with E-state index in [2.05, 4.69) is 12.2 Å². The summed E-state index contributed by atoms with van der Waals surface area (Å²) in [7, 11) is 0. The predicted octanol–water partition coefficient (Wildman–Crippen LogP) is 2.50. The summed E-state index contributed by atoms with van der Waals surface area (Å²) in [6, 6.07) is 7.99. The molecule has 0 aromatic heterocycles. The smallest absolute Gasteiger partial charge is 0.0779 e. The number of rotatable bonds is 5. The fourth-order valence-electron chi connectivity index (χ4n) is 2.35. The minimum atomic E-state index is -0.0418. The van der Waals surface area contributed by atoms with Gasteiger partial charge < -0.3 is 15.8 Å². The van der Waals surface area contributed by atoms with Crippen LogP contribution in [0.25, 0.3) is 0 Å². The van der Waals surface area contributed by atoms with Crippen molar-refractivity contribution in [3.8, 4) is 0 Å². The van der Waals surface area contributed by atoms with Crippen molar-refractivity contribution in [2.24, 2.45) is 5.73 Å². The van der Waals surface area contributed by atoms with Gasteiger partial charge in [0.1, 0.15) is 0 Å². The number of hydrogen-bond donors (Lipinski definition) is 2. The number of hydrogen-bond acceptors (Lipinski definition) is 3. The summed E-state index contributed by atoms with van der Waals surface area (Å²) in [5.74, 6) is 0. The van der Waals surface area contributed by atoms with Crippen LogP contribution < -0.4 is 11.1 Å². The molecule has 1 aromatic rings. The van der Waals surface area contributed by atoms with Gasteiger partial charge in [-0.2, -0.15) is 0 Å². The lowest BCUT2D eigenvalue weighted by Gasteiger charge is -2.27. The summed E-state index contributed by atoms with van der Waals surface area (Å²) in [5, 5.41) is 4.25. The molecule has 100 valence electrons. The summed E-state index contributed by atoms with van der Waals surface area (Å²) in [6.07, 6.45) is 2.25. The first-order chi connectivity index (χ1) is 8.63. The molecule has 1 saturated heterocycles. The molecule has 0 spiro atoms. The highest BCUT2D eigenvalue weighted by atomic mass is 35.5. The van der Waals surface area contributed by atoms with Crippen molar-refractivity contribution in [2.45, 2.75) is 31.4 Å². The van der Waals surface area contributed by atoms with Crippen molar-refractivity contribution in [2.75, 3.05) is 19.7 Å². The highest BCUT2D eigenvalue weighted by Gasteiger charge is 2.30. The van der Waals surface area contributed by atoms with Gasteiger partial charge in [0.15, 0.2) is 0 Å². The van der Waals surface area contributed by atoms with E-state index in [1.54, 1.807) is 0 Å². The summed E-state index contributed by atoms with van der Waals surface area (Å²) in [4.78, 5) is 0. The van der Waals surface area contributed by atoms with Gasteiger partial charge >= 0.3 is 0 Å². The van der Waals surface area contributed by atoms with Crippen LogP contribution >= 0.6 is 11.6 Å². The Balaban J connectivity index is 1.95. The zero-order valence-corrected chi connectivity index (χ0v) is 11.5. The molecule has 1 aliphatic rings. The van der Waals surface area contributed by atoms with E-state index in [1.807, 2.05) is 24.3 Å². The Morgan fingerprint density at radius 1 is 1.44 bits per heavy atom. The van der Waals surface area contributed by atoms with Gasteiger partial charge in [-0.15, -0.1) is 0 Å². The van der Waals surface area contributed by atoms with E-state index in [0.29, 0.717) is 6.54 Å². The van der Waals surface area contributed by atoms with Crippen molar-refractivity contribution < 1.29 is 4.74 Å². The number of ether oxygens (including phenoxy) is 1. The lowest BCUT2D eigenvalue weighted by molar-refractivity contribution is 0.0189. The maximum Gasteiger partial charge on any atom is 0.0779 e. The van der Waals surface area contributed by atoms with Crippen molar-refractivity contribution >= 4 is 11.6 Å². The molecule has 0 saturated carbocycles. The first kappa shape index (κ1) is 13.8. The van der Waals surface area contributed by atoms with Gasteiger partial charge in [-0.25, -0.2) is 0 Å². The van der Waals surface area contributed by atoms with Crippen molar-refractivity contribution in [3.63, 3.8) is 0 Å². The molecule has 0 bridgehead atoms. The Morgan fingerprint density at radius 2 is 2.17 bits per heavy atom. The van der Waals surface area contributed by atoms with Crippen LogP contribution in [0.2, 0.25) is 5.02 Å². The second-order valence-corrected chi connectivity index (χ2v) is 5.56. The first-order valence-electron chi connectivity index (χ1n) is 6.46. The molecule has 1 aromatic carbocycles. The molecule has 3 N–H and O–H groups in total. The van der Waals surface area contributed by atoms with E-state index in [0.717, 1.165) is 31.0 Å². The van der Waals surface area contributed by atoms with Crippen LogP contribution in [0.5, 0.6) is 0 Å². The monoisotopic (exact) mass is 268 g/mol. The topological polar surface area (TPSA) is 47.3 Å². The van der Waals surface area contributed by atoms with E-state index < -0.39 is 0 Å². The highest BCUT2D eigenvalue weighted by Crippen LogP contribution is 2.25. The molecule has 0 amide bonds. The average molecular weight is 269 g/mol. The Labute approximate surface area is 114 Å². The molecule has 1 aliphatic heterocycles. The third-order valence-corrected chi connectivity index (χ3v) is 3.78. The van der Waals surface area contributed by atoms with Crippen LogP contribution in [-0.4, -0.2) is 25.3 Å². The van der Waals surface area contributed by atoms with Crippen LogP contribution in [0.3, 0.4) is 0 Å². The Kier molecular flexibility index (Phi) is 4.62. The Bertz CT molecular complexity index is 374. The normalized spacial score (nSPS) is 25.3. The molecular formula is C14H21ClN2O. The van der Waals surface area contributed by atoms with Crippen LogP contribution in [0.15, 0.2) is 24.3 Å². The quantitative estimate of drug-likeness (QED) is 0.863. The largest absolute Gasteiger partial charge is 0.374 e. The van der Waals surface area contributed by atoms with E-state index >= 15 is 0 Å². The maximum absolute atomic E-state index is 5.89. The number of nitrogens with two attached hydrogens (primary N) is 1. The lowest BCUT2D eigenvalue weighted by atomic mass is 10.0. The molecule has 2 rings (SSSR count). The molecular weight excluding hydrogens is 248 g/mol. The Hall–Kier alpha value is -0.610. The van der Waals surface area contributed by atoms with Gasteiger partial charge in [0.05, 0.1) is 5.60 Å². The van der Waals surface area contributed by atoms with Crippen LogP contribution in [0.1, 0.15) is 31.4 Å². The molecule has 1 heterocycles. The number of benzene rings is 1. The third kappa shape index (κ3) is 3.45. The van der Waals surface area contributed by atoms with Crippen molar-refractivity contribution in [1.29, 1.82) is 0 Å². The molecule has 18 heavy (non-hydrogen) atoms. The molecule has 0 aliphatic carbocycles. The molecule has 4 heteroatoms. The van der Waals surface area contributed by atoms with Crippen molar-refractivity contribution in [1.82, 2.24) is 5.32 Å². The SMILES string of the molecule is CC1(CNC(CN)c2ccc(Cl)cc2)CCCO1. The third-order valence-electron chi connectivity index (χ3n) is 3.53. The second kappa shape index (κ2) is 6.02. The van der Waals surface area contributed by atoms with E-state index in [1.165, 1.54) is 5.56 Å². The van der Waals surface area contributed by atoms with E-state index in [9.17, 15) is 0 Å². The molecule has 0 radical (unpaired) electrons. The zero-order valence-electron chi connectivity index (χ0n) is 10.8. The minimum absolute atomic E-state index is 0.0418. The fourth-order valence-corrected chi connectivity index (χ4v) is 2.47. The van der Waals surface area contributed by atoms with Crippen LogP contribution in [-0.2, 0) is 4.74 Å². The summed E-state index contributed by atoms with van der Waals surface area (Å²) >= 11 is 5.89. The van der Waals surface area contributed by atoms with Crippen LogP contribution in [0.4, 0.5) is 0 Å². The van der Waals surface area contributed by atoms with Gasteiger partial charge in [-0.1, -0.05) is 23.7 Å². The molecule has 2 unspecified atom stereocenters. The zero-order chi connectivity index (χ0) is 13.0. The molecule has 2 atom stereocenters. The summed E-state index contributed by atoms with van der Waals surface area (Å²) in [5.41, 5.74) is 6.96. The minimum Gasteiger partial charge on any atom is -0.374 e.